The first-order valence-corrected chi connectivity index (χ1v) is 8.94. The van der Waals surface area contributed by atoms with Gasteiger partial charge >= 0.3 is 5.97 Å². The molecule has 2 atom stereocenters. The van der Waals surface area contributed by atoms with E-state index in [1.54, 1.807) is 0 Å². The lowest BCUT2D eigenvalue weighted by atomic mass is 9.54. The zero-order valence-electron chi connectivity index (χ0n) is 15.6. The molecule has 140 valence electrons. The number of aryl methyl sites for hydroxylation is 1. The molecule has 3 rings (SSSR count). The minimum Gasteiger partial charge on any atom is -0.479 e. The van der Waals surface area contributed by atoms with Crippen LogP contribution in [-0.2, 0) is 16.0 Å². The summed E-state index contributed by atoms with van der Waals surface area (Å²) in [6.45, 7) is 8.04. The fourth-order valence-electron chi connectivity index (χ4n) is 3.77. The monoisotopic (exact) mass is 359 g/mol. The number of hydrogen-bond acceptors (Lipinski definition) is 4. The Morgan fingerprint density at radius 3 is 2.65 bits per heavy atom. The lowest BCUT2D eigenvalue weighted by Gasteiger charge is -2.58. The maximum atomic E-state index is 12.9. The van der Waals surface area contributed by atoms with Crippen molar-refractivity contribution in [2.75, 3.05) is 6.61 Å². The number of nitrogens with one attached hydrogen (secondary N) is 1. The van der Waals surface area contributed by atoms with Gasteiger partial charge in [-0.1, -0.05) is 26.8 Å². The largest absolute Gasteiger partial charge is 0.479 e. The first-order valence-electron chi connectivity index (χ1n) is 8.94. The summed E-state index contributed by atoms with van der Waals surface area (Å²) in [6.07, 6.45) is 2.26. The van der Waals surface area contributed by atoms with Gasteiger partial charge in [-0.3, -0.25) is 4.79 Å². The van der Waals surface area contributed by atoms with Crippen LogP contribution in [0.4, 0.5) is 0 Å². The standard InChI is InChI=1S/C20H25NO5/c1-5-12-7-8-15-13(9-12)14(11-26-15)17(22)21-20(18(23)24)10-16(25-6-2)19(20,3)4/h7-9,11,16H,5-6,10H2,1-4H3,(H,21,22)(H,23,24). The van der Waals surface area contributed by atoms with E-state index in [1.165, 1.54) is 6.26 Å². The Morgan fingerprint density at radius 1 is 1.35 bits per heavy atom. The minimum atomic E-state index is -1.37. The highest BCUT2D eigenvalue weighted by Gasteiger charge is 2.66. The molecule has 6 nitrogen and oxygen atoms in total. The van der Waals surface area contributed by atoms with Crippen molar-refractivity contribution in [1.82, 2.24) is 5.32 Å². The molecule has 2 N–H and O–H groups in total. The molecule has 0 spiro atoms. The summed E-state index contributed by atoms with van der Waals surface area (Å²) < 4.78 is 11.1. The highest BCUT2D eigenvalue weighted by atomic mass is 16.5. The Balaban J connectivity index is 1.92. The smallest absolute Gasteiger partial charge is 0.330 e. The predicted octanol–water partition coefficient (Wildman–Crippen LogP) is 3.38. The molecule has 1 aliphatic rings. The van der Waals surface area contributed by atoms with Crippen LogP contribution in [0.3, 0.4) is 0 Å². The molecule has 0 radical (unpaired) electrons. The lowest BCUT2D eigenvalue weighted by Crippen LogP contribution is -2.76. The molecule has 2 unspecified atom stereocenters. The number of fused-ring (bicyclic) bond motifs is 1. The third-order valence-electron chi connectivity index (χ3n) is 5.75. The molecule has 1 saturated carbocycles. The molecule has 1 heterocycles. The highest BCUT2D eigenvalue weighted by molar-refractivity contribution is 6.08. The third kappa shape index (κ3) is 2.60. The van der Waals surface area contributed by atoms with Gasteiger partial charge in [-0.25, -0.2) is 4.79 Å². The van der Waals surface area contributed by atoms with Crippen LogP contribution in [0.25, 0.3) is 11.0 Å². The quantitative estimate of drug-likeness (QED) is 0.825. The van der Waals surface area contributed by atoms with E-state index in [2.05, 4.69) is 5.32 Å². The van der Waals surface area contributed by atoms with Crippen LogP contribution in [0, 0.1) is 5.41 Å². The second kappa shape index (κ2) is 6.43. The number of benzene rings is 1. The molecule has 1 amide bonds. The number of carboxylic acid groups (broad SMARTS) is 1. The molecule has 0 aliphatic heterocycles. The van der Waals surface area contributed by atoms with Crippen molar-refractivity contribution in [2.24, 2.45) is 5.41 Å². The second-order valence-corrected chi connectivity index (χ2v) is 7.37. The zero-order valence-corrected chi connectivity index (χ0v) is 15.6. The van der Waals surface area contributed by atoms with Crippen molar-refractivity contribution in [3.05, 3.63) is 35.6 Å². The Hall–Kier alpha value is -2.34. The molecule has 1 fully saturated rings. The molecule has 6 heteroatoms. The van der Waals surface area contributed by atoms with Crippen molar-refractivity contribution < 1.29 is 23.8 Å². The van der Waals surface area contributed by atoms with Crippen LogP contribution in [0.1, 0.15) is 50.0 Å². The molecule has 1 aliphatic carbocycles. The predicted molar refractivity (Wildman–Crippen MR) is 97.2 cm³/mol. The summed E-state index contributed by atoms with van der Waals surface area (Å²) >= 11 is 0. The van der Waals surface area contributed by atoms with Gasteiger partial charge in [0.25, 0.3) is 5.91 Å². The van der Waals surface area contributed by atoms with Gasteiger partial charge in [0.1, 0.15) is 17.4 Å². The van der Waals surface area contributed by atoms with Gasteiger partial charge in [-0.15, -0.1) is 0 Å². The molecule has 2 aromatic rings. The number of rotatable bonds is 6. The van der Waals surface area contributed by atoms with E-state index in [9.17, 15) is 14.7 Å². The zero-order chi connectivity index (χ0) is 19.1. The van der Waals surface area contributed by atoms with Crippen LogP contribution >= 0.6 is 0 Å². The van der Waals surface area contributed by atoms with Gasteiger partial charge in [0, 0.05) is 23.8 Å². The summed E-state index contributed by atoms with van der Waals surface area (Å²) in [4.78, 5) is 25.0. The van der Waals surface area contributed by atoms with Crippen LogP contribution in [0.15, 0.2) is 28.9 Å². The summed E-state index contributed by atoms with van der Waals surface area (Å²) in [5.41, 5.74) is -0.0428. The maximum absolute atomic E-state index is 12.9. The molecule has 0 saturated heterocycles. The van der Waals surface area contributed by atoms with Gasteiger partial charge < -0.3 is 19.6 Å². The SMILES string of the molecule is CCOC1CC(NC(=O)c2coc3ccc(CC)cc23)(C(=O)O)C1(C)C. The number of carboxylic acids is 1. The average molecular weight is 359 g/mol. The van der Waals surface area contributed by atoms with Crippen molar-refractivity contribution in [3.8, 4) is 0 Å². The second-order valence-electron chi connectivity index (χ2n) is 7.37. The topological polar surface area (TPSA) is 88.8 Å². The van der Waals surface area contributed by atoms with Crippen molar-refractivity contribution in [1.29, 1.82) is 0 Å². The van der Waals surface area contributed by atoms with Crippen molar-refractivity contribution in [3.63, 3.8) is 0 Å². The average Bonchev–Trinajstić information content (AvgIpc) is 3.03. The first kappa shape index (κ1) is 18.5. The molecule has 0 bridgehead atoms. The van der Waals surface area contributed by atoms with E-state index in [1.807, 2.05) is 45.9 Å². The van der Waals surface area contributed by atoms with Gasteiger partial charge in [-0.05, 0) is 31.0 Å². The number of carbonyl (C=O) groups is 2. The number of carbonyl (C=O) groups excluding carboxylic acids is 1. The highest BCUT2D eigenvalue weighted by Crippen LogP contribution is 2.51. The van der Waals surface area contributed by atoms with E-state index in [-0.39, 0.29) is 12.5 Å². The summed E-state index contributed by atoms with van der Waals surface area (Å²) in [6, 6.07) is 5.69. The number of hydrogen-bond donors (Lipinski definition) is 2. The van der Waals surface area contributed by atoms with E-state index in [0.29, 0.717) is 23.1 Å². The fourth-order valence-corrected chi connectivity index (χ4v) is 3.77. The lowest BCUT2D eigenvalue weighted by molar-refractivity contribution is -0.190. The Labute approximate surface area is 152 Å². The number of ether oxygens (including phenoxy) is 1. The molecule has 1 aromatic heterocycles. The van der Waals surface area contributed by atoms with Gasteiger partial charge in [0.05, 0.1) is 11.7 Å². The van der Waals surface area contributed by atoms with E-state index < -0.39 is 22.8 Å². The third-order valence-corrected chi connectivity index (χ3v) is 5.75. The molecule has 26 heavy (non-hydrogen) atoms. The number of aliphatic carboxylic acids is 1. The number of amides is 1. The fraction of sp³-hybridized carbons (Fsp3) is 0.500. The van der Waals surface area contributed by atoms with Crippen LogP contribution in [-0.4, -0.2) is 35.2 Å². The Kier molecular flexibility index (Phi) is 4.56. The van der Waals surface area contributed by atoms with Crippen molar-refractivity contribution in [2.45, 2.75) is 52.2 Å². The molecular weight excluding hydrogens is 334 g/mol. The summed E-state index contributed by atoms with van der Waals surface area (Å²) in [5, 5.41) is 13.3. The molecular formula is C20H25NO5. The van der Waals surface area contributed by atoms with Gasteiger partial charge in [-0.2, -0.15) is 0 Å². The van der Waals surface area contributed by atoms with Crippen LogP contribution in [0.5, 0.6) is 0 Å². The van der Waals surface area contributed by atoms with E-state index in [0.717, 1.165) is 12.0 Å². The van der Waals surface area contributed by atoms with E-state index in [4.69, 9.17) is 9.15 Å². The Bertz CT molecular complexity index is 853. The summed E-state index contributed by atoms with van der Waals surface area (Å²) in [7, 11) is 0. The van der Waals surface area contributed by atoms with Crippen LogP contribution < -0.4 is 5.32 Å². The van der Waals surface area contributed by atoms with Crippen LogP contribution in [0.2, 0.25) is 0 Å². The minimum absolute atomic E-state index is 0.211. The maximum Gasteiger partial charge on any atom is 0.330 e. The van der Waals surface area contributed by atoms with E-state index >= 15 is 0 Å². The first-order chi connectivity index (χ1) is 12.3. The Morgan fingerprint density at radius 2 is 2.08 bits per heavy atom. The molecule has 1 aromatic carbocycles. The van der Waals surface area contributed by atoms with Crippen molar-refractivity contribution >= 4 is 22.8 Å². The summed E-state index contributed by atoms with van der Waals surface area (Å²) in [5.74, 6) is -1.49. The van der Waals surface area contributed by atoms with Gasteiger partial charge in [0.15, 0.2) is 0 Å². The van der Waals surface area contributed by atoms with Gasteiger partial charge in [0.2, 0.25) is 0 Å². The normalized spacial score (nSPS) is 24.2. The number of furan rings is 1.